The van der Waals surface area contributed by atoms with E-state index in [1.54, 1.807) is 6.07 Å². The number of likely N-dealkylation sites (tertiary alicyclic amines) is 1. The fraction of sp³-hybridized carbons (Fsp3) is 0.500. The summed E-state index contributed by atoms with van der Waals surface area (Å²) in [7, 11) is 0. The van der Waals surface area contributed by atoms with Gasteiger partial charge in [-0.1, -0.05) is 32.4 Å². The molecule has 1 aliphatic heterocycles. The first-order valence-electron chi connectivity index (χ1n) is 11.7. The van der Waals surface area contributed by atoms with Crippen LogP contribution in [0.4, 0.5) is 5.69 Å². The van der Waals surface area contributed by atoms with Crippen molar-refractivity contribution in [1.29, 1.82) is 0 Å². The second kappa shape index (κ2) is 9.82. The van der Waals surface area contributed by atoms with Gasteiger partial charge in [-0.25, -0.2) is 0 Å². The molecule has 7 nitrogen and oxygen atoms in total. The lowest BCUT2D eigenvalue weighted by molar-refractivity contribution is -0.144. The number of pyridine rings is 1. The summed E-state index contributed by atoms with van der Waals surface area (Å²) in [6.07, 6.45) is 0. The van der Waals surface area contributed by atoms with Gasteiger partial charge in [-0.2, -0.15) is 0 Å². The highest BCUT2D eigenvalue weighted by atomic mass is 35.5. The first-order valence-corrected chi connectivity index (χ1v) is 12.0. The number of aromatic amines is 1. The number of amides is 2. The SMILES string of the molecule is CCN(c1cc(Cl)cc(C(=O)NCc2c(C)cc(C)[nH]c2=O)c1C)C1CN(C(=O)C(C)(C)C)C1. The van der Waals surface area contributed by atoms with E-state index in [-0.39, 0.29) is 30.0 Å². The molecule has 1 aromatic carbocycles. The van der Waals surface area contributed by atoms with Crippen LogP contribution >= 0.6 is 11.6 Å². The Morgan fingerprint density at radius 2 is 1.82 bits per heavy atom. The molecule has 184 valence electrons. The number of benzene rings is 1. The predicted octanol–water partition coefficient (Wildman–Crippen LogP) is 3.97. The van der Waals surface area contributed by atoms with Gasteiger partial charge in [0.2, 0.25) is 5.91 Å². The maximum atomic E-state index is 13.1. The maximum absolute atomic E-state index is 13.1. The van der Waals surface area contributed by atoms with Crippen LogP contribution in [-0.2, 0) is 11.3 Å². The van der Waals surface area contributed by atoms with Crippen molar-refractivity contribution in [3.63, 3.8) is 0 Å². The van der Waals surface area contributed by atoms with Gasteiger partial charge in [0, 0.05) is 59.1 Å². The molecular weight excluding hydrogens is 452 g/mol. The Hall–Kier alpha value is -2.80. The van der Waals surface area contributed by atoms with Crippen LogP contribution in [0.1, 0.15) is 60.4 Å². The number of aryl methyl sites for hydroxylation is 2. The number of H-pyrrole nitrogens is 1. The fourth-order valence-corrected chi connectivity index (χ4v) is 4.69. The van der Waals surface area contributed by atoms with Gasteiger partial charge >= 0.3 is 0 Å². The van der Waals surface area contributed by atoms with Gasteiger partial charge in [0.1, 0.15) is 0 Å². The normalized spacial score (nSPS) is 14.1. The van der Waals surface area contributed by atoms with Crippen LogP contribution in [0, 0.1) is 26.2 Å². The van der Waals surface area contributed by atoms with Crippen molar-refractivity contribution < 1.29 is 9.59 Å². The van der Waals surface area contributed by atoms with E-state index in [4.69, 9.17) is 11.6 Å². The molecule has 1 aromatic heterocycles. The number of halogens is 1. The number of hydrogen-bond donors (Lipinski definition) is 2. The largest absolute Gasteiger partial charge is 0.365 e. The minimum Gasteiger partial charge on any atom is -0.365 e. The molecule has 1 saturated heterocycles. The van der Waals surface area contributed by atoms with E-state index in [0.717, 1.165) is 29.1 Å². The second-order valence-corrected chi connectivity index (χ2v) is 10.6. The Morgan fingerprint density at radius 1 is 1.18 bits per heavy atom. The summed E-state index contributed by atoms with van der Waals surface area (Å²) in [5.74, 6) is -0.140. The highest BCUT2D eigenvalue weighted by Gasteiger charge is 2.39. The lowest BCUT2D eigenvalue weighted by atomic mass is 9.91. The van der Waals surface area contributed by atoms with E-state index in [1.807, 2.05) is 58.6 Å². The number of likely N-dealkylation sites (N-methyl/N-ethyl adjacent to an activating group) is 1. The van der Waals surface area contributed by atoms with Crippen LogP contribution in [-0.4, -0.2) is 47.4 Å². The van der Waals surface area contributed by atoms with Gasteiger partial charge in [0.15, 0.2) is 0 Å². The minimum atomic E-state index is -0.406. The first kappa shape index (κ1) is 25.8. The number of carbonyl (C=O) groups excluding carboxylic acids is 2. The van der Waals surface area contributed by atoms with E-state index >= 15 is 0 Å². The van der Waals surface area contributed by atoms with Gasteiger partial charge in [-0.05, 0) is 57.0 Å². The minimum absolute atomic E-state index is 0.131. The van der Waals surface area contributed by atoms with Crippen molar-refractivity contribution in [2.75, 3.05) is 24.5 Å². The third-order valence-corrected chi connectivity index (χ3v) is 6.61. The zero-order chi connectivity index (χ0) is 25.4. The Morgan fingerprint density at radius 3 is 2.38 bits per heavy atom. The summed E-state index contributed by atoms with van der Waals surface area (Å²) in [5.41, 5.74) is 3.73. The van der Waals surface area contributed by atoms with Crippen LogP contribution < -0.4 is 15.8 Å². The monoisotopic (exact) mass is 486 g/mol. The molecule has 1 fully saturated rings. The van der Waals surface area contributed by atoms with Crippen LogP contribution in [0.25, 0.3) is 0 Å². The molecule has 2 aromatic rings. The molecule has 34 heavy (non-hydrogen) atoms. The molecule has 0 atom stereocenters. The van der Waals surface area contributed by atoms with Crippen molar-refractivity contribution in [1.82, 2.24) is 15.2 Å². The molecule has 0 radical (unpaired) electrons. The quantitative estimate of drug-likeness (QED) is 0.647. The molecule has 3 rings (SSSR count). The van der Waals surface area contributed by atoms with Gasteiger partial charge in [-0.15, -0.1) is 0 Å². The number of carbonyl (C=O) groups is 2. The van der Waals surface area contributed by atoms with E-state index < -0.39 is 5.41 Å². The Labute approximate surface area is 206 Å². The van der Waals surface area contributed by atoms with Crippen LogP contribution in [0.2, 0.25) is 5.02 Å². The highest BCUT2D eigenvalue weighted by Crippen LogP contribution is 2.32. The molecule has 2 heterocycles. The zero-order valence-corrected chi connectivity index (χ0v) is 21.9. The summed E-state index contributed by atoms with van der Waals surface area (Å²) in [6.45, 7) is 15.6. The van der Waals surface area contributed by atoms with Gasteiger partial charge in [0.25, 0.3) is 11.5 Å². The number of aromatic nitrogens is 1. The third kappa shape index (κ3) is 5.30. The van der Waals surface area contributed by atoms with Crippen LogP contribution in [0.5, 0.6) is 0 Å². The summed E-state index contributed by atoms with van der Waals surface area (Å²) in [5, 5.41) is 3.34. The van der Waals surface area contributed by atoms with Gasteiger partial charge in [0.05, 0.1) is 6.04 Å². The topological polar surface area (TPSA) is 85.5 Å². The number of nitrogens with one attached hydrogen (secondary N) is 2. The van der Waals surface area contributed by atoms with Crippen molar-refractivity contribution in [3.05, 3.63) is 61.5 Å². The first-order chi connectivity index (χ1) is 15.8. The molecule has 2 N–H and O–H groups in total. The van der Waals surface area contributed by atoms with E-state index in [1.165, 1.54) is 0 Å². The molecule has 0 spiro atoms. The average Bonchev–Trinajstić information content (AvgIpc) is 2.69. The van der Waals surface area contributed by atoms with Crippen LogP contribution in [0.3, 0.4) is 0 Å². The maximum Gasteiger partial charge on any atom is 0.253 e. The van der Waals surface area contributed by atoms with Crippen LogP contribution in [0.15, 0.2) is 23.0 Å². The fourth-order valence-electron chi connectivity index (χ4n) is 4.48. The summed E-state index contributed by atoms with van der Waals surface area (Å²) in [6, 6.07) is 5.58. The molecule has 0 bridgehead atoms. The second-order valence-electron chi connectivity index (χ2n) is 10.1. The third-order valence-electron chi connectivity index (χ3n) is 6.39. The molecule has 0 aliphatic carbocycles. The number of rotatable bonds is 6. The summed E-state index contributed by atoms with van der Waals surface area (Å²) >= 11 is 6.43. The molecule has 2 amide bonds. The Kier molecular flexibility index (Phi) is 7.46. The van der Waals surface area contributed by atoms with Crippen molar-refractivity contribution >= 4 is 29.1 Å². The molecule has 8 heteroatoms. The average molecular weight is 487 g/mol. The Balaban J connectivity index is 1.79. The van der Waals surface area contributed by atoms with E-state index in [0.29, 0.717) is 29.2 Å². The lowest BCUT2D eigenvalue weighted by Gasteiger charge is -2.48. The van der Waals surface area contributed by atoms with E-state index in [9.17, 15) is 14.4 Å². The summed E-state index contributed by atoms with van der Waals surface area (Å²) < 4.78 is 0. The molecule has 0 saturated carbocycles. The van der Waals surface area contributed by atoms with Crippen molar-refractivity contribution in [3.8, 4) is 0 Å². The highest BCUT2D eigenvalue weighted by molar-refractivity contribution is 6.31. The summed E-state index contributed by atoms with van der Waals surface area (Å²) in [4.78, 5) is 44.8. The standard InChI is InChI=1S/C26H35ClN4O3/c1-8-31(19-13-30(14-19)25(34)26(5,6)7)22-11-18(27)10-20(17(22)4)23(32)28-12-21-15(2)9-16(3)29-24(21)33/h9-11,19H,8,12-14H2,1-7H3,(H,28,32)(H,29,33). The number of nitrogens with zero attached hydrogens (tertiary/aromatic N) is 2. The van der Waals surface area contributed by atoms with E-state index in [2.05, 4.69) is 22.1 Å². The predicted molar refractivity (Wildman–Crippen MR) is 137 cm³/mol. The molecule has 1 aliphatic rings. The van der Waals surface area contributed by atoms with Gasteiger partial charge < -0.3 is 20.1 Å². The molecular formula is C26H35ClN4O3. The lowest BCUT2D eigenvalue weighted by Crippen LogP contribution is -2.63. The zero-order valence-electron chi connectivity index (χ0n) is 21.1. The number of anilines is 1. The smallest absolute Gasteiger partial charge is 0.253 e. The Bertz CT molecular complexity index is 1160. The number of hydrogen-bond acceptors (Lipinski definition) is 4. The molecule has 0 unspecified atom stereocenters. The van der Waals surface area contributed by atoms with Crippen molar-refractivity contribution in [2.45, 2.75) is 61.1 Å². The van der Waals surface area contributed by atoms with Crippen molar-refractivity contribution in [2.24, 2.45) is 5.41 Å². The van der Waals surface area contributed by atoms with Gasteiger partial charge in [-0.3, -0.25) is 14.4 Å².